The van der Waals surface area contributed by atoms with Gasteiger partial charge in [0.2, 0.25) is 0 Å². The first kappa shape index (κ1) is 23.8. The van der Waals surface area contributed by atoms with Crippen LogP contribution in [0.4, 0.5) is 17.6 Å². The topological polar surface area (TPSA) is 43.6 Å². The minimum Gasteiger partial charge on any atom is -0.300 e. The van der Waals surface area contributed by atoms with Crippen LogP contribution in [0.5, 0.6) is 0 Å². The Balaban J connectivity index is 0.00000289. The van der Waals surface area contributed by atoms with Crippen LogP contribution in [0.25, 0.3) is 17.1 Å². The Morgan fingerprint density at radius 1 is 0.906 bits per heavy atom. The van der Waals surface area contributed by atoms with Crippen molar-refractivity contribution in [2.45, 2.75) is 25.4 Å². The van der Waals surface area contributed by atoms with Crippen molar-refractivity contribution in [2.24, 2.45) is 0 Å². The van der Waals surface area contributed by atoms with E-state index < -0.39 is 23.1 Å². The van der Waals surface area contributed by atoms with Crippen molar-refractivity contribution < 1.29 is 38.6 Å². The molecule has 0 saturated carbocycles. The molecular formula is C23H16F4N4Pt. The van der Waals surface area contributed by atoms with Gasteiger partial charge in [-0.2, -0.15) is 24.3 Å². The first-order valence-corrected chi connectivity index (χ1v) is 9.32. The maximum absolute atomic E-state index is 13.4. The molecule has 4 rings (SSSR count). The summed E-state index contributed by atoms with van der Waals surface area (Å²) in [7, 11) is 0. The molecule has 32 heavy (non-hydrogen) atoms. The van der Waals surface area contributed by atoms with Gasteiger partial charge in [0, 0.05) is 11.9 Å². The molecule has 3 aromatic heterocycles. The fourth-order valence-corrected chi connectivity index (χ4v) is 3.10. The number of hydrogen-bond donors (Lipinski definition) is 0. The average molecular weight is 619 g/mol. The molecule has 0 N–H and O–H groups in total. The van der Waals surface area contributed by atoms with E-state index in [0.717, 1.165) is 12.1 Å². The Bertz CT molecular complexity index is 1230. The molecule has 1 aromatic carbocycles. The van der Waals surface area contributed by atoms with Crippen LogP contribution in [-0.4, -0.2) is 19.7 Å². The first-order valence-electron chi connectivity index (χ1n) is 9.32. The maximum atomic E-state index is 13.4. The van der Waals surface area contributed by atoms with E-state index >= 15 is 0 Å². The van der Waals surface area contributed by atoms with Crippen molar-refractivity contribution in [3.63, 3.8) is 0 Å². The molecule has 0 saturated heterocycles. The number of alkyl halides is 3. The molecular weight excluding hydrogens is 603 g/mol. The smallest absolute Gasteiger partial charge is 0.300 e. The summed E-state index contributed by atoms with van der Waals surface area (Å²) >= 11 is 0. The van der Waals surface area contributed by atoms with Crippen LogP contribution in [0.1, 0.15) is 30.8 Å². The van der Waals surface area contributed by atoms with Gasteiger partial charge in [-0.25, -0.2) is 26.2 Å². The summed E-state index contributed by atoms with van der Waals surface area (Å²) in [5, 5.41) is 4.48. The van der Waals surface area contributed by atoms with Crippen molar-refractivity contribution in [3.8, 4) is 17.1 Å². The monoisotopic (exact) mass is 619 g/mol. The molecule has 9 heteroatoms. The van der Waals surface area contributed by atoms with Gasteiger partial charge in [-0.3, -0.25) is 0 Å². The van der Waals surface area contributed by atoms with Crippen LogP contribution in [0.3, 0.4) is 0 Å². The first-order chi connectivity index (χ1) is 14.6. The molecule has 0 spiro atoms. The average Bonchev–Trinajstić information content (AvgIpc) is 3.25. The zero-order valence-electron chi connectivity index (χ0n) is 16.9. The molecule has 166 valence electrons. The number of rotatable bonds is 4. The molecule has 0 atom stereocenters. The summed E-state index contributed by atoms with van der Waals surface area (Å²) < 4.78 is 54.0. The number of pyridine rings is 2. The van der Waals surface area contributed by atoms with Gasteiger partial charge >= 0.3 is 27.2 Å². The molecule has 0 fully saturated rings. The van der Waals surface area contributed by atoms with Gasteiger partial charge in [0.15, 0.2) is 0 Å². The molecule has 4 aromatic rings. The van der Waals surface area contributed by atoms with Crippen molar-refractivity contribution in [1.82, 2.24) is 19.7 Å². The van der Waals surface area contributed by atoms with Crippen LogP contribution >= 0.6 is 0 Å². The molecule has 0 bridgehead atoms. The van der Waals surface area contributed by atoms with Crippen LogP contribution in [0, 0.1) is 18.1 Å². The Morgan fingerprint density at radius 2 is 1.66 bits per heavy atom. The van der Waals surface area contributed by atoms with E-state index in [4.69, 9.17) is 0 Å². The fourth-order valence-electron chi connectivity index (χ4n) is 3.10. The summed E-state index contributed by atoms with van der Waals surface area (Å²) in [6.45, 7) is 3.79. The van der Waals surface area contributed by atoms with Crippen molar-refractivity contribution in [1.29, 1.82) is 0 Å². The second kappa shape index (κ2) is 8.94. The predicted octanol–water partition coefficient (Wildman–Crippen LogP) is 5.41. The summed E-state index contributed by atoms with van der Waals surface area (Å²) in [6.07, 6.45) is -2.81. The van der Waals surface area contributed by atoms with E-state index in [1.165, 1.54) is 22.9 Å². The maximum Gasteiger partial charge on any atom is 2.00 e. The summed E-state index contributed by atoms with van der Waals surface area (Å²) in [5.74, 6) is -0.431. The second-order valence-electron chi connectivity index (χ2n) is 7.40. The SMILES string of the molecule is CC(C)(c1cccc(-c2[c-]ccc(C(F)(F)F)c2)n1)c1ccn(-c2[c-]ccc(F)n2)n1.[Pt+2]. The molecule has 0 amide bonds. The molecule has 0 radical (unpaired) electrons. The summed E-state index contributed by atoms with van der Waals surface area (Å²) in [5.41, 5.74) is 0.413. The Kier molecular flexibility index (Phi) is 6.65. The van der Waals surface area contributed by atoms with Crippen molar-refractivity contribution in [3.05, 3.63) is 95.8 Å². The quantitative estimate of drug-likeness (QED) is 0.174. The fraction of sp³-hybridized carbons (Fsp3) is 0.174. The van der Waals surface area contributed by atoms with E-state index in [0.29, 0.717) is 17.1 Å². The molecule has 3 heterocycles. The Labute approximate surface area is 196 Å². The number of aromatic nitrogens is 4. The van der Waals surface area contributed by atoms with E-state index in [1.54, 1.807) is 30.5 Å². The van der Waals surface area contributed by atoms with Gasteiger partial charge in [0.1, 0.15) is 5.95 Å². The van der Waals surface area contributed by atoms with Crippen LogP contribution in [0.2, 0.25) is 0 Å². The molecule has 0 aliphatic heterocycles. The van der Waals surface area contributed by atoms with E-state index in [1.807, 2.05) is 13.8 Å². The third-order valence-corrected chi connectivity index (χ3v) is 4.89. The van der Waals surface area contributed by atoms with Crippen molar-refractivity contribution in [2.75, 3.05) is 0 Å². The van der Waals surface area contributed by atoms with Gasteiger partial charge in [-0.05, 0) is 37.2 Å². The zero-order chi connectivity index (χ0) is 22.2. The van der Waals surface area contributed by atoms with E-state index in [-0.39, 0.29) is 32.4 Å². The van der Waals surface area contributed by atoms with Crippen LogP contribution < -0.4 is 0 Å². The Morgan fingerprint density at radius 3 is 2.38 bits per heavy atom. The summed E-state index contributed by atoms with van der Waals surface area (Å²) in [4.78, 5) is 8.34. The number of halogens is 4. The van der Waals surface area contributed by atoms with E-state index in [9.17, 15) is 17.6 Å². The summed E-state index contributed by atoms with van der Waals surface area (Å²) in [6, 6.07) is 18.4. The van der Waals surface area contributed by atoms with Crippen LogP contribution in [0.15, 0.2) is 60.8 Å². The predicted molar refractivity (Wildman–Crippen MR) is 106 cm³/mol. The van der Waals surface area contributed by atoms with Crippen molar-refractivity contribution >= 4 is 0 Å². The number of benzene rings is 1. The number of nitrogens with zero attached hydrogens (tertiary/aromatic N) is 4. The van der Waals surface area contributed by atoms with Gasteiger partial charge in [0.25, 0.3) is 0 Å². The Hall–Kier alpha value is -2.86. The normalized spacial score (nSPS) is 11.8. The van der Waals surface area contributed by atoms with Gasteiger partial charge in [-0.1, -0.05) is 12.1 Å². The largest absolute Gasteiger partial charge is 2.00 e. The molecule has 0 aliphatic rings. The van der Waals surface area contributed by atoms with Crippen LogP contribution in [-0.2, 0) is 32.7 Å². The van der Waals surface area contributed by atoms with Gasteiger partial charge in [0.05, 0.1) is 16.9 Å². The molecule has 4 nitrogen and oxygen atoms in total. The molecule has 0 unspecified atom stereocenters. The van der Waals surface area contributed by atoms with Gasteiger partial charge < -0.3 is 4.98 Å². The molecule has 0 aliphatic carbocycles. The van der Waals surface area contributed by atoms with E-state index in [2.05, 4.69) is 27.2 Å². The second-order valence-corrected chi connectivity index (χ2v) is 7.40. The third kappa shape index (κ3) is 4.80. The third-order valence-electron chi connectivity index (χ3n) is 4.89. The zero-order valence-corrected chi connectivity index (χ0v) is 19.2. The standard InChI is InChI=1S/C23H16F4N4.Pt/c1-22(2,19-12-13-31(30-19)21-11-5-10-20(24)29-21)18-9-4-8-17(28-18)15-6-3-7-16(14-15)23(25,26)27;/h3-5,7-10,12-14H,1-2H3;/q-2;+2. The number of hydrogen-bond acceptors (Lipinski definition) is 3. The minimum absolute atomic E-state index is 0. The van der Waals surface area contributed by atoms with Gasteiger partial charge in [-0.15, -0.1) is 29.8 Å². The minimum atomic E-state index is -4.45.